The number of amides is 1. The lowest BCUT2D eigenvalue weighted by atomic mass is 9.97. The Bertz CT molecular complexity index is 2930. The molecule has 15 heteroatoms. The Balaban J connectivity index is 0.904. The molecule has 3 aromatic carbocycles. The summed E-state index contributed by atoms with van der Waals surface area (Å²) in [6.07, 6.45) is 7.30. The molecule has 1 saturated carbocycles. The Kier molecular flexibility index (Phi) is 9.88. The number of anilines is 2. The number of pyridine rings is 2. The predicted octanol–water partition coefficient (Wildman–Crippen LogP) is 7.56. The third-order valence-corrected chi connectivity index (χ3v) is 15.8. The number of carbonyl (C=O) groups is 1. The number of nitrogens with one attached hydrogen (secondary N) is 2. The van der Waals surface area contributed by atoms with E-state index in [2.05, 4.69) is 37.0 Å². The molecule has 3 aromatic heterocycles. The number of hydrogen-bond donors (Lipinski definition) is 3. The Morgan fingerprint density at radius 1 is 1.05 bits per heavy atom. The summed E-state index contributed by atoms with van der Waals surface area (Å²) in [5, 5.41) is 25.4. The largest absolute Gasteiger partial charge is 0.435 e. The first-order valence-electron chi connectivity index (χ1n) is 20.9. The van der Waals surface area contributed by atoms with Crippen LogP contribution in [0, 0.1) is 24.2 Å². The van der Waals surface area contributed by atoms with E-state index in [-0.39, 0.29) is 12.1 Å². The van der Waals surface area contributed by atoms with E-state index in [1.807, 2.05) is 61.7 Å². The Hall–Kier alpha value is -5.43. The SMILES string of the molecule is Cc1c(Nc2nccc3cc(CN4CC[C@@H](O)C4)cnc23)cccc1-c1cccc(-c2nc3cc4c(c(C#N)c3o2)CC[C@H]4N2CC[C@@H](C(=O)NS(=O)(=O)C3(C)CC3)C2)c1Cl. The van der Waals surface area contributed by atoms with Crippen molar-refractivity contribution in [1.29, 1.82) is 5.26 Å². The second-order valence-corrected chi connectivity index (χ2v) is 19.9. The van der Waals surface area contributed by atoms with Crippen LogP contribution in [0.4, 0.5) is 11.5 Å². The Morgan fingerprint density at radius 3 is 2.64 bits per heavy atom. The van der Waals surface area contributed by atoms with Gasteiger partial charge in [0.05, 0.1) is 27.4 Å². The number of nitriles is 1. The molecule has 4 aliphatic rings. The standard InChI is InChI=1S/C46H45ClN8O5S/c1-26-31(5-4-8-37(26)51-43-41-28(11-16-49-43)19-27(22-50-41)23-54-17-13-30(56)25-54)33-6-3-7-34(40(33)47)45-52-38-20-35-32(36(21-48)42(38)60-45)9-10-39(35)55-18-12-29(24-55)44(57)53-61(58,59)46(2)14-15-46/h3-8,11,16,19-20,22,29-30,39,56H,9-10,12-15,17-18,23-25H2,1-2H3,(H,49,51)(H,53,57)/t29-,30-,39-/m1/s1. The molecule has 2 aliphatic carbocycles. The minimum atomic E-state index is -3.71. The van der Waals surface area contributed by atoms with Gasteiger partial charge in [-0.15, -0.1) is 0 Å². The molecule has 3 atom stereocenters. The van der Waals surface area contributed by atoms with E-state index >= 15 is 0 Å². The van der Waals surface area contributed by atoms with Gasteiger partial charge in [0.25, 0.3) is 0 Å². The molecule has 3 N–H and O–H groups in total. The van der Waals surface area contributed by atoms with Gasteiger partial charge in [-0.2, -0.15) is 5.26 Å². The van der Waals surface area contributed by atoms with Crippen LogP contribution < -0.4 is 10.0 Å². The van der Waals surface area contributed by atoms with E-state index in [1.165, 1.54) is 0 Å². The van der Waals surface area contributed by atoms with Crippen LogP contribution in [0.1, 0.15) is 72.9 Å². The normalized spacial score (nSPS) is 21.2. The number of hydrogen-bond acceptors (Lipinski definition) is 12. The smallest absolute Gasteiger partial charge is 0.240 e. The number of carbonyl (C=O) groups excluding carboxylic acids is 1. The van der Waals surface area contributed by atoms with Gasteiger partial charge in [-0.3, -0.25) is 24.3 Å². The molecule has 1 amide bonds. The molecule has 13 nitrogen and oxygen atoms in total. The molecule has 6 aromatic rings. The fourth-order valence-electron chi connectivity index (χ4n) is 9.40. The number of aliphatic hydroxyl groups excluding tert-OH is 1. The first kappa shape index (κ1) is 39.7. The first-order chi connectivity index (χ1) is 29.4. The van der Waals surface area contributed by atoms with Gasteiger partial charge < -0.3 is 14.8 Å². The topological polar surface area (TPSA) is 178 Å². The number of fused-ring (bicyclic) bond motifs is 3. The van der Waals surface area contributed by atoms with Crippen LogP contribution in [0.5, 0.6) is 0 Å². The van der Waals surface area contributed by atoms with Crippen molar-refractivity contribution in [3.8, 4) is 28.7 Å². The minimum absolute atomic E-state index is 0.0364. The number of oxazole rings is 1. The quantitative estimate of drug-likeness (QED) is 0.123. The number of nitrogens with zero attached hydrogens (tertiary/aromatic N) is 6. The summed E-state index contributed by atoms with van der Waals surface area (Å²) < 4.78 is 33.4. The highest BCUT2D eigenvalue weighted by atomic mass is 35.5. The van der Waals surface area contributed by atoms with Gasteiger partial charge >= 0.3 is 0 Å². The van der Waals surface area contributed by atoms with Crippen molar-refractivity contribution >= 4 is 61.0 Å². The summed E-state index contributed by atoms with van der Waals surface area (Å²) in [7, 11) is -3.71. The first-order valence-corrected chi connectivity index (χ1v) is 22.7. The van der Waals surface area contributed by atoms with Crippen LogP contribution in [0.25, 0.3) is 44.6 Å². The predicted molar refractivity (Wildman–Crippen MR) is 234 cm³/mol. The van der Waals surface area contributed by atoms with Crippen LogP contribution >= 0.6 is 11.6 Å². The van der Waals surface area contributed by atoms with Crippen molar-refractivity contribution in [2.24, 2.45) is 5.92 Å². The Morgan fingerprint density at radius 2 is 1.85 bits per heavy atom. The number of likely N-dealkylation sites (tertiary alicyclic amines) is 2. The second kappa shape index (κ2) is 15.2. The van der Waals surface area contributed by atoms with Crippen LogP contribution in [-0.4, -0.2) is 81.2 Å². The average molecular weight is 857 g/mol. The molecule has 5 heterocycles. The van der Waals surface area contributed by atoms with Crippen molar-refractivity contribution in [1.82, 2.24) is 29.5 Å². The zero-order valence-electron chi connectivity index (χ0n) is 33.9. The molecule has 0 radical (unpaired) electrons. The highest BCUT2D eigenvalue weighted by molar-refractivity contribution is 7.91. The van der Waals surface area contributed by atoms with E-state index in [0.717, 1.165) is 75.9 Å². The highest BCUT2D eigenvalue weighted by Gasteiger charge is 2.51. The van der Waals surface area contributed by atoms with E-state index in [0.29, 0.717) is 84.3 Å². The van der Waals surface area contributed by atoms with E-state index in [9.17, 15) is 23.6 Å². The van der Waals surface area contributed by atoms with Crippen molar-refractivity contribution in [2.45, 2.75) is 75.8 Å². The van der Waals surface area contributed by atoms with Crippen molar-refractivity contribution in [3.05, 3.63) is 99.8 Å². The van der Waals surface area contributed by atoms with Crippen molar-refractivity contribution in [3.63, 3.8) is 0 Å². The number of benzene rings is 3. The van der Waals surface area contributed by atoms with E-state index in [1.54, 1.807) is 13.1 Å². The molecular formula is C46H45ClN8O5S. The lowest BCUT2D eigenvalue weighted by Gasteiger charge is -2.25. The fraction of sp³-hybridized carbons (Fsp3) is 0.370. The molecule has 3 fully saturated rings. The summed E-state index contributed by atoms with van der Waals surface area (Å²) in [4.78, 5) is 31.9. The third-order valence-electron chi connectivity index (χ3n) is 13.2. The molecule has 10 rings (SSSR count). The lowest BCUT2D eigenvalue weighted by molar-refractivity contribution is -0.122. The number of halogens is 1. The maximum Gasteiger partial charge on any atom is 0.240 e. The van der Waals surface area contributed by atoms with E-state index < -0.39 is 26.6 Å². The summed E-state index contributed by atoms with van der Waals surface area (Å²) in [5.74, 6) is 0.0693. The lowest BCUT2D eigenvalue weighted by Crippen LogP contribution is -2.42. The number of sulfonamides is 1. The fourth-order valence-corrected chi connectivity index (χ4v) is 11.0. The van der Waals surface area contributed by atoms with Crippen molar-refractivity contribution < 1.29 is 22.7 Å². The molecule has 0 spiro atoms. The van der Waals surface area contributed by atoms with Gasteiger partial charge in [0.2, 0.25) is 21.8 Å². The molecule has 2 saturated heterocycles. The van der Waals surface area contributed by atoms with Crippen molar-refractivity contribution in [2.75, 3.05) is 31.5 Å². The molecule has 0 unspecified atom stereocenters. The monoisotopic (exact) mass is 856 g/mol. The van der Waals surface area contributed by atoms with Gasteiger partial charge in [0, 0.05) is 61.3 Å². The van der Waals surface area contributed by atoms with Gasteiger partial charge in [-0.05, 0) is 117 Å². The van der Waals surface area contributed by atoms with Gasteiger partial charge in [0.15, 0.2) is 11.4 Å². The maximum atomic E-state index is 13.1. The average Bonchev–Trinajstić information content (AvgIpc) is 3.70. The second-order valence-electron chi connectivity index (χ2n) is 17.3. The summed E-state index contributed by atoms with van der Waals surface area (Å²) in [6.45, 7) is 7.06. The van der Waals surface area contributed by atoms with Crippen LogP contribution in [0.15, 0.2) is 71.4 Å². The molecule has 61 heavy (non-hydrogen) atoms. The van der Waals surface area contributed by atoms with Gasteiger partial charge in [0.1, 0.15) is 22.7 Å². The zero-order valence-corrected chi connectivity index (χ0v) is 35.5. The number of aromatic nitrogens is 3. The van der Waals surface area contributed by atoms with Crippen LogP contribution in [0.2, 0.25) is 5.02 Å². The zero-order chi connectivity index (χ0) is 42.2. The molecule has 2 aliphatic heterocycles. The van der Waals surface area contributed by atoms with Gasteiger partial charge in [-0.1, -0.05) is 35.9 Å². The number of aliphatic hydroxyl groups is 1. The summed E-state index contributed by atoms with van der Waals surface area (Å²) >= 11 is 7.24. The minimum Gasteiger partial charge on any atom is -0.435 e. The molecular weight excluding hydrogens is 812 g/mol. The highest BCUT2D eigenvalue weighted by Crippen LogP contribution is 2.46. The third kappa shape index (κ3) is 7.12. The van der Waals surface area contributed by atoms with Crippen LogP contribution in [0.3, 0.4) is 0 Å². The Labute approximate surface area is 358 Å². The van der Waals surface area contributed by atoms with E-state index in [4.69, 9.17) is 26.0 Å². The number of rotatable bonds is 10. The summed E-state index contributed by atoms with van der Waals surface area (Å²) in [6, 6.07) is 20.2. The molecule has 312 valence electrons. The van der Waals surface area contributed by atoms with Crippen LogP contribution in [-0.2, 0) is 27.8 Å². The molecule has 0 bridgehead atoms. The number of β-amino-alcohol motifs (C(OH)–C–C–N with tert-alkyl or cyclic N) is 1. The maximum absolute atomic E-state index is 13.1. The van der Waals surface area contributed by atoms with Gasteiger partial charge in [-0.25, -0.2) is 18.4 Å². The summed E-state index contributed by atoms with van der Waals surface area (Å²) in [5.41, 5.74) is 9.26.